The minimum atomic E-state index is -0.852. The van der Waals surface area contributed by atoms with Gasteiger partial charge in [-0.2, -0.15) is 0 Å². The van der Waals surface area contributed by atoms with Crippen molar-refractivity contribution in [2.75, 3.05) is 11.9 Å². The van der Waals surface area contributed by atoms with Crippen molar-refractivity contribution in [3.63, 3.8) is 0 Å². The molecule has 1 heterocycles. The third kappa shape index (κ3) is 5.20. The predicted octanol–water partition coefficient (Wildman–Crippen LogP) is 2.72. The van der Waals surface area contributed by atoms with Crippen molar-refractivity contribution in [1.82, 2.24) is 4.57 Å². The molecule has 0 aliphatic heterocycles. The van der Waals surface area contributed by atoms with Crippen LogP contribution in [-0.2, 0) is 11.8 Å². The van der Waals surface area contributed by atoms with Crippen molar-refractivity contribution < 1.29 is 24.2 Å². The molecule has 0 fully saturated rings. The number of carboxylic acids is 1. The lowest BCUT2D eigenvalue weighted by atomic mass is 10.2. The van der Waals surface area contributed by atoms with Gasteiger partial charge in [-0.25, -0.2) is 0 Å². The van der Waals surface area contributed by atoms with Gasteiger partial charge < -0.3 is 19.7 Å². The molecular weight excluding hydrogens is 324 g/mol. The number of nitrogens with zero attached hydrogens (tertiary/aromatic N) is 1. The number of benzene rings is 1. The lowest BCUT2D eigenvalue weighted by Crippen LogP contribution is -2.15. The number of amides is 1. The minimum absolute atomic E-state index is 0.0626. The number of aliphatic carboxylic acids is 1. The number of aromatic nitrogens is 1. The fourth-order valence-corrected chi connectivity index (χ4v) is 2.23. The van der Waals surface area contributed by atoms with Crippen molar-refractivity contribution in [1.29, 1.82) is 0 Å². The zero-order chi connectivity index (χ0) is 18.4. The molecule has 1 aromatic carbocycles. The van der Waals surface area contributed by atoms with Gasteiger partial charge in [-0.05, 0) is 43.7 Å². The molecule has 132 valence electrons. The summed E-state index contributed by atoms with van der Waals surface area (Å²) in [7, 11) is 1.70. The first-order chi connectivity index (χ1) is 11.9. The van der Waals surface area contributed by atoms with E-state index in [2.05, 4.69) is 5.32 Å². The number of aryl methyl sites for hydroxylation is 1. The van der Waals surface area contributed by atoms with E-state index in [1.54, 1.807) is 48.1 Å². The molecule has 7 heteroatoms. The number of carbonyl (C=O) groups is 3. The molecule has 0 unspecified atom stereocenters. The van der Waals surface area contributed by atoms with Gasteiger partial charge in [0.1, 0.15) is 11.4 Å². The summed E-state index contributed by atoms with van der Waals surface area (Å²) >= 11 is 0. The van der Waals surface area contributed by atoms with Crippen LogP contribution < -0.4 is 10.1 Å². The average Bonchev–Trinajstić information content (AvgIpc) is 2.95. The Morgan fingerprint density at radius 3 is 2.44 bits per heavy atom. The Balaban J connectivity index is 1.93. The van der Waals surface area contributed by atoms with Crippen molar-refractivity contribution in [2.24, 2.45) is 7.05 Å². The van der Waals surface area contributed by atoms with E-state index in [1.165, 1.54) is 6.92 Å². The Morgan fingerprint density at radius 1 is 1.20 bits per heavy atom. The molecular formula is C18H20N2O5. The first kappa shape index (κ1) is 18.3. The monoisotopic (exact) mass is 344 g/mol. The average molecular weight is 344 g/mol. The highest BCUT2D eigenvalue weighted by Gasteiger charge is 2.14. The number of ether oxygens (including phenoxy) is 1. The van der Waals surface area contributed by atoms with Crippen LogP contribution in [0.4, 0.5) is 5.69 Å². The van der Waals surface area contributed by atoms with Crippen LogP contribution in [0.15, 0.2) is 36.5 Å². The second kappa shape index (κ2) is 8.14. The topological polar surface area (TPSA) is 97.6 Å². The minimum Gasteiger partial charge on any atom is -0.494 e. The van der Waals surface area contributed by atoms with E-state index in [-0.39, 0.29) is 18.1 Å². The smallest absolute Gasteiger partial charge is 0.303 e. The Labute approximate surface area is 145 Å². The van der Waals surface area contributed by atoms with Crippen molar-refractivity contribution in [2.45, 2.75) is 19.8 Å². The van der Waals surface area contributed by atoms with Gasteiger partial charge in [-0.1, -0.05) is 0 Å². The summed E-state index contributed by atoms with van der Waals surface area (Å²) in [6.07, 6.45) is 2.11. The number of hydrogen-bond donors (Lipinski definition) is 2. The molecule has 1 amide bonds. The molecule has 25 heavy (non-hydrogen) atoms. The molecule has 2 N–H and O–H groups in total. The zero-order valence-corrected chi connectivity index (χ0v) is 14.1. The van der Waals surface area contributed by atoms with Crippen LogP contribution in [-0.4, -0.2) is 33.9 Å². The molecule has 0 spiro atoms. The molecule has 7 nitrogen and oxygen atoms in total. The summed E-state index contributed by atoms with van der Waals surface area (Å²) in [5.74, 6) is -0.666. The second-order valence-electron chi connectivity index (χ2n) is 5.61. The number of carbonyl (C=O) groups excluding carboxylic acids is 2. The van der Waals surface area contributed by atoms with E-state index in [1.807, 2.05) is 0 Å². The maximum absolute atomic E-state index is 12.3. The van der Waals surface area contributed by atoms with Gasteiger partial charge in [0.15, 0.2) is 5.78 Å². The largest absolute Gasteiger partial charge is 0.494 e. The summed E-state index contributed by atoms with van der Waals surface area (Å²) in [6, 6.07) is 8.33. The van der Waals surface area contributed by atoms with Crippen LogP contribution in [0.1, 0.15) is 40.6 Å². The number of carboxylic acid groups (broad SMARTS) is 1. The summed E-state index contributed by atoms with van der Waals surface area (Å²) < 4.78 is 7.04. The SMILES string of the molecule is CC(=O)c1cc(C(=O)Nc2ccc(OCCCC(=O)O)cc2)n(C)c1. The van der Waals surface area contributed by atoms with Gasteiger partial charge in [-0.3, -0.25) is 14.4 Å². The van der Waals surface area contributed by atoms with Crippen LogP contribution in [0, 0.1) is 0 Å². The number of ketones is 1. The van der Waals surface area contributed by atoms with Gasteiger partial charge in [-0.15, -0.1) is 0 Å². The molecule has 0 atom stereocenters. The molecule has 1 aromatic heterocycles. The first-order valence-corrected chi connectivity index (χ1v) is 7.80. The number of hydrogen-bond acceptors (Lipinski definition) is 4. The number of Topliss-reactive ketones (excluding diaryl/α,β-unsaturated/α-hetero) is 1. The number of rotatable bonds is 8. The molecule has 2 aromatic rings. The maximum Gasteiger partial charge on any atom is 0.303 e. The van der Waals surface area contributed by atoms with Crippen molar-refractivity contribution in [3.8, 4) is 5.75 Å². The van der Waals surface area contributed by atoms with E-state index >= 15 is 0 Å². The highest BCUT2D eigenvalue weighted by Crippen LogP contribution is 2.17. The number of nitrogens with one attached hydrogen (secondary N) is 1. The Hall–Kier alpha value is -3.09. The first-order valence-electron chi connectivity index (χ1n) is 7.80. The van der Waals surface area contributed by atoms with Gasteiger partial charge in [0.2, 0.25) is 0 Å². The second-order valence-corrected chi connectivity index (χ2v) is 5.61. The highest BCUT2D eigenvalue weighted by atomic mass is 16.5. The Kier molecular flexibility index (Phi) is 5.94. The maximum atomic E-state index is 12.3. The highest BCUT2D eigenvalue weighted by molar-refractivity contribution is 6.05. The van der Waals surface area contributed by atoms with E-state index in [0.717, 1.165) is 0 Å². The summed E-state index contributed by atoms with van der Waals surface area (Å²) in [6.45, 7) is 1.77. The summed E-state index contributed by atoms with van der Waals surface area (Å²) in [5, 5.41) is 11.3. The lowest BCUT2D eigenvalue weighted by molar-refractivity contribution is -0.137. The van der Waals surface area contributed by atoms with Gasteiger partial charge in [0.05, 0.1) is 6.61 Å². The van der Waals surface area contributed by atoms with E-state index in [0.29, 0.717) is 35.7 Å². The summed E-state index contributed by atoms with van der Waals surface area (Å²) in [4.78, 5) is 34.1. The zero-order valence-electron chi connectivity index (χ0n) is 14.1. The quantitative estimate of drug-likeness (QED) is 0.567. The van der Waals surface area contributed by atoms with Crippen LogP contribution in [0.3, 0.4) is 0 Å². The molecule has 2 rings (SSSR count). The van der Waals surface area contributed by atoms with E-state index < -0.39 is 5.97 Å². The van der Waals surface area contributed by atoms with Crippen LogP contribution >= 0.6 is 0 Å². The molecule has 0 saturated heterocycles. The van der Waals surface area contributed by atoms with Gasteiger partial charge >= 0.3 is 5.97 Å². The van der Waals surface area contributed by atoms with Crippen molar-refractivity contribution >= 4 is 23.3 Å². The van der Waals surface area contributed by atoms with Gasteiger partial charge in [0, 0.05) is 30.9 Å². The lowest BCUT2D eigenvalue weighted by Gasteiger charge is -2.08. The fourth-order valence-electron chi connectivity index (χ4n) is 2.23. The standard InChI is InChI=1S/C18H20N2O5/c1-12(21)13-10-16(20(2)11-13)18(24)19-14-5-7-15(8-6-14)25-9-3-4-17(22)23/h5-8,10-11H,3-4,9H2,1-2H3,(H,19,24)(H,22,23). The third-order valence-electron chi connectivity index (χ3n) is 3.56. The van der Waals surface area contributed by atoms with E-state index in [4.69, 9.17) is 9.84 Å². The molecule has 0 radical (unpaired) electrons. The molecule has 0 bridgehead atoms. The Morgan fingerprint density at radius 2 is 1.88 bits per heavy atom. The summed E-state index contributed by atoms with van der Waals surface area (Å²) in [5.41, 5.74) is 1.46. The third-order valence-corrected chi connectivity index (χ3v) is 3.56. The van der Waals surface area contributed by atoms with Crippen LogP contribution in [0.2, 0.25) is 0 Å². The fraction of sp³-hybridized carbons (Fsp3) is 0.278. The Bertz CT molecular complexity index is 777. The van der Waals surface area contributed by atoms with E-state index in [9.17, 15) is 14.4 Å². The van der Waals surface area contributed by atoms with Crippen LogP contribution in [0.5, 0.6) is 5.75 Å². The normalized spacial score (nSPS) is 10.3. The molecule has 0 aliphatic rings. The van der Waals surface area contributed by atoms with Gasteiger partial charge in [0.25, 0.3) is 5.91 Å². The van der Waals surface area contributed by atoms with Crippen molar-refractivity contribution in [3.05, 3.63) is 47.8 Å². The predicted molar refractivity (Wildman–Crippen MR) is 92.2 cm³/mol. The number of anilines is 1. The molecule has 0 aliphatic carbocycles. The van der Waals surface area contributed by atoms with Crippen LogP contribution in [0.25, 0.3) is 0 Å². The molecule has 0 saturated carbocycles.